The number of aromatic nitrogens is 6. The van der Waals surface area contributed by atoms with E-state index in [9.17, 15) is 4.79 Å². The quantitative estimate of drug-likeness (QED) is 0.0782. The van der Waals surface area contributed by atoms with Gasteiger partial charge in [-0.1, -0.05) is 6.07 Å². The molecule has 230 valence electrons. The second-order valence-electron chi connectivity index (χ2n) is 10.5. The van der Waals surface area contributed by atoms with Crippen LogP contribution in [0.1, 0.15) is 80.8 Å². The first-order chi connectivity index (χ1) is 21.4. The van der Waals surface area contributed by atoms with Crippen LogP contribution in [-0.2, 0) is 22.7 Å². The van der Waals surface area contributed by atoms with Gasteiger partial charge in [-0.3, -0.25) is 15.4 Å². The van der Waals surface area contributed by atoms with Gasteiger partial charge in [0.05, 0.1) is 47.5 Å². The summed E-state index contributed by atoms with van der Waals surface area (Å²) < 4.78 is 17.6. The fraction of sp³-hybridized carbons (Fsp3) is 0.294. The van der Waals surface area contributed by atoms with Crippen LogP contribution >= 0.6 is 0 Å². The third-order valence-electron chi connectivity index (χ3n) is 7.10. The lowest BCUT2D eigenvalue weighted by Crippen LogP contribution is -2.15. The Morgan fingerprint density at radius 2 is 1.40 bits per heavy atom. The standard InChI is InChI=1S/C34H37N7O4/c1-10-27-22(6)38-24(8)29(41-27)17-44-31-15-26(11-13-30(31)43-16-28-23(7)36-18(2)20(4)39-28)12-14-32(42)45-34(35)33-25(9)37-19(3)21(5)40-33/h10-15,35H,3,16-17H2,1-2,4-9H3/q+2/b14-12+,35-34?. The molecule has 0 radical (unpaired) electrons. The van der Waals surface area contributed by atoms with Crippen molar-refractivity contribution in [3.05, 3.63) is 112 Å². The highest BCUT2D eigenvalue weighted by atomic mass is 16.5. The minimum atomic E-state index is -0.738. The Labute approximate surface area is 263 Å². The maximum atomic E-state index is 12.6. The molecular weight excluding hydrogens is 570 g/mol. The number of hydrogen-bond donors (Lipinski definition) is 1. The number of nitrogens with zero attached hydrogens (tertiary/aromatic N) is 6. The van der Waals surface area contributed by atoms with E-state index in [1.54, 1.807) is 38.1 Å². The minimum absolute atomic E-state index is 0.150. The van der Waals surface area contributed by atoms with Crippen LogP contribution in [0.5, 0.6) is 11.5 Å². The zero-order chi connectivity index (χ0) is 32.8. The predicted molar refractivity (Wildman–Crippen MR) is 170 cm³/mol. The van der Waals surface area contributed by atoms with E-state index in [1.165, 1.54) is 6.08 Å². The first-order valence-corrected chi connectivity index (χ1v) is 14.4. The molecule has 0 bridgehead atoms. The van der Waals surface area contributed by atoms with Crippen molar-refractivity contribution in [3.8, 4) is 11.5 Å². The molecule has 0 spiro atoms. The van der Waals surface area contributed by atoms with Gasteiger partial charge in [-0.2, -0.15) is 4.98 Å². The van der Waals surface area contributed by atoms with Crippen molar-refractivity contribution in [1.29, 1.82) is 5.41 Å². The molecule has 0 aliphatic heterocycles. The first kappa shape index (κ1) is 32.6. The van der Waals surface area contributed by atoms with E-state index < -0.39 is 11.9 Å². The van der Waals surface area contributed by atoms with E-state index in [-0.39, 0.29) is 18.9 Å². The maximum Gasteiger partial charge on any atom is 0.337 e. The molecule has 0 saturated heterocycles. The van der Waals surface area contributed by atoms with Crippen molar-refractivity contribution in [2.24, 2.45) is 0 Å². The molecule has 0 saturated carbocycles. The van der Waals surface area contributed by atoms with Gasteiger partial charge < -0.3 is 14.2 Å². The van der Waals surface area contributed by atoms with E-state index >= 15 is 0 Å². The Hall–Kier alpha value is -5.32. The van der Waals surface area contributed by atoms with Gasteiger partial charge in [0.2, 0.25) is 17.3 Å². The molecule has 0 aliphatic rings. The molecule has 3 heterocycles. The second-order valence-corrected chi connectivity index (χ2v) is 10.5. The molecule has 0 fully saturated rings. The number of ether oxygens (including phenoxy) is 3. The van der Waals surface area contributed by atoms with Crippen molar-refractivity contribution in [3.63, 3.8) is 0 Å². The highest BCUT2D eigenvalue weighted by molar-refractivity contribution is 6.02. The zero-order valence-corrected chi connectivity index (χ0v) is 26.9. The number of rotatable bonds is 10. The highest BCUT2D eigenvalue weighted by Gasteiger charge is 2.19. The lowest BCUT2D eigenvalue weighted by molar-refractivity contribution is -0.130. The van der Waals surface area contributed by atoms with Crippen LogP contribution in [0.15, 0.2) is 24.3 Å². The molecule has 0 amide bonds. The summed E-state index contributed by atoms with van der Waals surface area (Å²) in [6.45, 7) is 19.0. The van der Waals surface area contributed by atoms with Crippen molar-refractivity contribution in [2.45, 2.75) is 68.6 Å². The number of benzene rings is 1. The van der Waals surface area contributed by atoms with E-state index in [0.29, 0.717) is 39.8 Å². The fourth-order valence-corrected chi connectivity index (χ4v) is 4.35. The van der Waals surface area contributed by atoms with E-state index in [4.69, 9.17) is 24.6 Å². The lowest BCUT2D eigenvalue weighted by atomic mass is 10.2. The third kappa shape index (κ3) is 7.99. The van der Waals surface area contributed by atoms with Gasteiger partial charge in [-0.05, 0) is 58.4 Å². The zero-order valence-electron chi connectivity index (χ0n) is 26.9. The third-order valence-corrected chi connectivity index (χ3v) is 7.10. The smallest absolute Gasteiger partial charge is 0.337 e. The molecule has 11 heteroatoms. The molecular formula is C34H37N7O4+2. The number of esters is 1. The molecule has 0 unspecified atom stereocenters. The summed E-state index contributed by atoms with van der Waals surface area (Å²) in [5, 5.41) is 8.21. The van der Waals surface area contributed by atoms with Crippen LogP contribution in [0, 0.1) is 67.2 Å². The van der Waals surface area contributed by atoms with Crippen molar-refractivity contribution in [1.82, 2.24) is 29.9 Å². The largest absolute Gasteiger partial charge is 0.483 e. The van der Waals surface area contributed by atoms with Crippen LogP contribution in [-0.4, -0.2) is 41.8 Å². The van der Waals surface area contributed by atoms with Gasteiger partial charge in [0.15, 0.2) is 28.6 Å². The second kappa shape index (κ2) is 14.0. The average Bonchev–Trinajstić information content (AvgIpc) is 2.99. The Balaban J connectivity index is 1.56. The van der Waals surface area contributed by atoms with Crippen LogP contribution in [0.2, 0.25) is 0 Å². The topological polar surface area (TPSA) is 146 Å². The predicted octanol–water partition coefficient (Wildman–Crippen LogP) is 5.71. The van der Waals surface area contributed by atoms with Gasteiger partial charge in [-0.25, -0.2) is 14.8 Å². The van der Waals surface area contributed by atoms with Crippen LogP contribution in [0.25, 0.3) is 6.08 Å². The number of aryl methyl sites for hydroxylation is 7. The normalized spacial score (nSPS) is 11.0. The van der Waals surface area contributed by atoms with Crippen molar-refractivity contribution >= 4 is 17.9 Å². The molecule has 0 atom stereocenters. The summed E-state index contributed by atoms with van der Waals surface area (Å²) in [7, 11) is 0. The molecule has 3 aromatic heterocycles. The monoisotopic (exact) mass is 607 g/mol. The van der Waals surface area contributed by atoms with Gasteiger partial charge in [0, 0.05) is 26.8 Å². The molecule has 1 aromatic carbocycles. The summed E-state index contributed by atoms with van der Waals surface area (Å²) in [4.78, 5) is 39.6. The summed E-state index contributed by atoms with van der Waals surface area (Å²) in [6.07, 6.45) is 4.70. The molecule has 45 heavy (non-hydrogen) atoms. The van der Waals surface area contributed by atoms with Crippen molar-refractivity contribution in [2.75, 3.05) is 0 Å². The van der Waals surface area contributed by atoms with Crippen LogP contribution in [0.4, 0.5) is 0 Å². The Morgan fingerprint density at radius 1 is 0.778 bits per heavy atom. The SMILES string of the molecule is [CH2+]c1nc(C)c(C(=N)OC(=O)/C=C/c2ccc(OCc3nc(C)c(C)nc3C)c(OCc3nc([CH+]C)c(C)nc3C)c2)nc1C. The number of carbonyl (C=O) groups is 1. The van der Waals surface area contributed by atoms with Gasteiger partial charge in [0.25, 0.3) is 0 Å². The Morgan fingerprint density at radius 3 is 2.09 bits per heavy atom. The van der Waals surface area contributed by atoms with E-state index in [0.717, 1.165) is 39.9 Å². The fourth-order valence-electron chi connectivity index (χ4n) is 4.35. The van der Waals surface area contributed by atoms with Crippen LogP contribution in [0.3, 0.4) is 0 Å². The minimum Gasteiger partial charge on any atom is -0.483 e. The molecule has 1 N–H and O–H groups in total. The first-order valence-electron chi connectivity index (χ1n) is 14.4. The average molecular weight is 608 g/mol. The number of hydrogen-bond acceptors (Lipinski definition) is 11. The summed E-state index contributed by atoms with van der Waals surface area (Å²) in [6, 6.07) is 5.29. The van der Waals surface area contributed by atoms with Gasteiger partial charge in [0.1, 0.15) is 18.9 Å². The Kier molecular flexibility index (Phi) is 10.1. The number of carbonyl (C=O) groups excluding carboxylic acids is 1. The van der Waals surface area contributed by atoms with E-state index in [2.05, 4.69) is 31.8 Å². The van der Waals surface area contributed by atoms with Gasteiger partial charge in [-0.15, -0.1) is 4.98 Å². The van der Waals surface area contributed by atoms with Gasteiger partial charge >= 0.3 is 5.97 Å². The number of nitrogens with one attached hydrogen (secondary N) is 1. The van der Waals surface area contributed by atoms with Crippen molar-refractivity contribution < 1.29 is 19.0 Å². The molecule has 4 rings (SSSR count). The summed E-state index contributed by atoms with van der Waals surface area (Å²) >= 11 is 0. The van der Waals surface area contributed by atoms with Crippen LogP contribution < -0.4 is 9.47 Å². The molecule has 11 nitrogen and oxygen atoms in total. The summed E-state index contributed by atoms with van der Waals surface area (Å²) in [5.74, 6) is -0.216. The Bertz CT molecular complexity index is 1800. The highest BCUT2D eigenvalue weighted by Crippen LogP contribution is 2.31. The maximum absolute atomic E-state index is 12.6. The lowest BCUT2D eigenvalue weighted by Gasteiger charge is -2.15. The molecule has 4 aromatic rings. The molecule has 0 aliphatic carbocycles. The summed E-state index contributed by atoms with van der Waals surface area (Å²) in [5.41, 5.74) is 8.65. The van der Waals surface area contributed by atoms with E-state index in [1.807, 2.05) is 48.0 Å².